The Bertz CT molecular complexity index is 176. The standard InChI is InChI=1S/C10H21NO2S/c1-5-9(7-14-4)11(3)8(2)6-10(12)13/h8-9H,5-7H2,1-4H3,(H,12,13). The molecule has 0 bridgehead atoms. The van der Waals surface area contributed by atoms with Crippen LogP contribution in [0.4, 0.5) is 0 Å². The molecular weight excluding hydrogens is 198 g/mol. The molecule has 0 aliphatic carbocycles. The van der Waals surface area contributed by atoms with E-state index in [2.05, 4.69) is 18.1 Å². The molecule has 1 N–H and O–H groups in total. The molecule has 14 heavy (non-hydrogen) atoms. The van der Waals surface area contributed by atoms with E-state index in [0.717, 1.165) is 12.2 Å². The highest BCUT2D eigenvalue weighted by Crippen LogP contribution is 2.13. The van der Waals surface area contributed by atoms with Crippen LogP contribution in [-0.4, -0.2) is 47.1 Å². The zero-order chi connectivity index (χ0) is 11.1. The van der Waals surface area contributed by atoms with Crippen molar-refractivity contribution in [1.29, 1.82) is 0 Å². The van der Waals surface area contributed by atoms with E-state index in [-0.39, 0.29) is 12.5 Å². The zero-order valence-corrected chi connectivity index (χ0v) is 10.3. The monoisotopic (exact) mass is 219 g/mol. The van der Waals surface area contributed by atoms with Crippen molar-refractivity contribution in [3.8, 4) is 0 Å². The van der Waals surface area contributed by atoms with Crippen LogP contribution in [0.2, 0.25) is 0 Å². The highest BCUT2D eigenvalue weighted by molar-refractivity contribution is 7.98. The Labute approximate surface area is 90.9 Å². The lowest BCUT2D eigenvalue weighted by molar-refractivity contribution is -0.138. The average Bonchev–Trinajstić information content (AvgIpc) is 2.12. The molecule has 2 unspecified atom stereocenters. The van der Waals surface area contributed by atoms with Crippen LogP contribution in [0.1, 0.15) is 26.7 Å². The van der Waals surface area contributed by atoms with E-state index in [1.54, 1.807) is 0 Å². The fourth-order valence-electron chi connectivity index (χ4n) is 1.47. The summed E-state index contributed by atoms with van der Waals surface area (Å²) in [6.45, 7) is 4.11. The summed E-state index contributed by atoms with van der Waals surface area (Å²) in [7, 11) is 2.01. The van der Waals surface area contributed by atoms with Gasteiger partial charge in [0.15, 0.2) is 0 Å². The number of carbonyl (C=O) groups is 1. The minimum Gasteiger partial charge on any atom is -0.481 e. The third-order valence-corrected chi connectivity index (χ3v) is 3.29. The van der Waals surface area contributed by atoms with Gasteiger partial charge in [-0.3, -0.25) is 9.69 Å². The van der Waals surface area contributed by atoms with Gasteiger partial charge in [-0.1, -0.05) is 6.92 Å². The third-order valence-electron chi connectivity index (χ3n) is 2.57. The molecule has 0 aromatic carbocycles. The smallest absolute Gasteiger partial charge is 0.304 e. The molecule has 0 aliphatic rings. The maximum Gasteiger partial charge on any atom is 0.304 e. The number of carboxylic acid groups (broad SMARTS) is 1. The molecular formula is C10H21NO2S. The molecule has 0 amide bonds. The van der Waals surface area contributed by atoms with Crippen molar-refractivity contribution >= 4 is 17.7 Å². The summed E-state index contributed by atoms with van der Waals surface area (Å²) in [5.41, 5.74) is 0. The first-order valence-corrected chi connectivity index (χ1v) is 6.34. The van der Waals surface area contributed by atoms with Crippen LogP contribution in [0.25, 0.3) is 0 Å². The van der Waals surface area contributed by atoms with E-state index in [1.165, 1.54) is 0 Å². The summed E-state index contributed by atoms with van der Waals surface area (Å²) in [4.78, 5) is 12.7. The van der Waals surface area contributed by atoms with E-state index < -0.39 is 5.97 Å². The van der Waals surface area contributed by atoms with Crippen LogP contribution in [0.15, 0.2) is 0 Å². The fourth-order valence-corrected chi connectivity index (χ4v) is 2.33. The van der Waals surface area contributed by atoms with Gasteiger partial charge in [-0.15, -0.1) is 0 Å². The van der Waals surface area contributed by atoms with Crippen LogP contribution in [-0.2, 0) is 4.79 Å². The molecule has 0 aliphatic heterocycles. The van der Waals surface area contributed by atoms with E-state index in [1.807, 2.05) is 25.7 Å². The summed E-state index contributed by atoms with van der Waals surface area (Å²) in [5.74, 6) is 0.347. The lowest BCUT2D eigenvalue weighted by Gasteiger charge is -2.31. The maximum absolute atomic E-state index is 10.6. The number of aliphatic carboxylic acids is 1. The molecule has 0 fully saturated rings. The Kier molecular flexibility index (Phi) is 7.01. The quantitative estimate of drug-likeness (QED) is 0.710. The van der Waals surface area contributed by atoms with E-state index in [4.69, 9.17) is 5.11 Å². The van der Waals surface area contributed by atoms with Crippen molar-refractivity contribution in [1.82, 2.24) is 4.90 Å². The predicted octanol–water partition coefficient (Wildman–Crippen LogP) is 1.92. The van der Waals surface area contributed by atoms with E-state index in [9.17, 15) is 4.79 Å². The van der Waals surface area contributed by atoms with Crippen molar-refractivity contribution in [2.75, 3.05) is 19.1 Å². The lowest BCUT2D eigenvalue weighted by atomic mass is 10.1. The van der Waals surface area contributed by atoms with Crippen molar-refractivity contribution < 1.29 is 9.90 Å². The second-order valence-electron chi connectivity index (χ2n) is 3.63. The first-order chi connectivity index (χ1) is 6.52. The molecule has 0 saturated heterocycles. The van der Waals surface area contributed by atoms with Gasteiger partial charge in [0.2, 0.25) is 0 Å². The first-order valence-electron chi connectivity index (χ1n) is 4.95. The molecule has 3 nitrogen and oxygen atoms in total. The largest absolute Gasteiger partial charge is 0.481 e. The minimum absolute atomic E-state index is 0.115. The molecule has 0 spiro atoms. The Hall–Kier alpha value is -0.220. The second-order valence-corrected chi connectivity index (χ2v) is 4.54. The van der Waals surface area contributed by atoms with E-state index >= 15 is 0 Å². The van der Waals surface area contributed by atoms with Crippen molar-refractivity contribution in [3.63, 3.8) is 0 Å². The summed E-state index contributed by atoms with van der Waals surface area (Å²) in [6, 6.07) is 0.601. The summed E-state index contributed by atoms with van der Waals surface area (Å²) < 4.78 is 0. The molecule has 0 rings (SSSR count). The first kappa shape index (κ1) is 13.8. The second kappa shape index (κ2) is 7.12. The number of hydrogen-bond donors (Lipinski definition) is 1. The van der Waals surface area contributed by atoms with Gasteiger partial charge in [0.1, 0.15) is 0 Å². The minimum atomic E-state index is -0.719. The van der Waals surface area contributed by atoms with Crippen LogP contribution < -0.4 is 0 Å². The van der Waals surface area contributed by atoms with Gasteiger partial charge in [0.05, 0.1) is 6.42 Å². The normalized spacial score (nSPS) is 15.5. The van der Waals surface area contributed by atoms with Crippen molar-refractivity contribution in [3.05, 3.63) is 0 Å². The van der Waals surface area contributed by atoms with Crippen molar-refractivity contribution in [2.24, 2.45) is 0 Å². The summed E-state index contributed by atoms with van der Waals surface area (Å²) in [6.07, 6.45) is 3.38. The maximum atomic E-state index is 10.6. The Balaban J connectivity index is 4.11. The van der Waals surface area contributed by atoms with Crippen LogP contribution in [0.3, 0.4) is 0 Å². The average molecular weight is 219 g/mol. The zero-order valence-electron chi connectivity index (χ0n) is 9.49. The molecule has 0 heterocycles. The highest BCUT2D eigenvalue weighted by Gasteiger charge is 2.19. The number of rotatable bonds is 7. The number of thioether (sulfide) groups is 1. The van der Waals surface area contributed by atoms with E-state index in [0.29, 0.717) is 6.04 Å². The molecule has 2 atom stereocenters. The lowest BCUT2D eigenvalue weighted by Crippen LogP contribution is -2.40. The topological polar surface area (TPSA) is 40.5 Å². The molecule has 0 saturated carbocycles. The summed E-state index contributed by atoms with van der Waals surface area (Å²) in [5, 5.41) is 8.69. The molecule has 4 heteroatoms. The van der Waals surface area contributed by atoms with Gasteiger partial charge in [0, 0.05) is 17.8 Å². The number of nitrogens with zero attached hydrogens (tertiary/aromatic N) is 1. The Morgan fingerprint density at radius 2 is 2.14 bits per heavy atom. The van der Waals surface area contributed by atoms with Gasteiger partial charge in [-0.25, -0.2) is 0 Å². The SMILES string of the molecule is CCC(CSC)N(C)C(C)CC(=O)O. The Morgan fingerprint density at radius 3 is 2.50 bits per heavy atom. The molecule has 0 radical (unpaired) electrons. The fraction of sp³-hybridized carbons (Fsp3) is 0.900. The van der Waals surface area contributed by atoms with Gasteiger partial charge < -0.3 is 5.11 Å². The van der Waals surface area contributed by atoms with Crippen LogP contribution in [0, 0.1) is 0 Å². The highest BCUT2D eigenvalue weighted by atomic mass is 32.2. The van der Waals surface area contributed by atoms with Crippen LogP contribution in [0.5, 0.6) is 0 Å². The predicted molar refractivity (Wildman–Crippen MR) is 61.9 cm³/mol. The van der Waals surface area contributed by atoms with Crippen LogP contribution >= 0.6 is 11.8 Å². The molecule has 0 aromatic heterocycles. The number of hydrogen-bond acceptors (Lipinski definition) is 3. The van der Waals surface area contributed by atoms with Gasteiger partial charge in [0.25, 0.3) is 0 Å². The van der Waals surface area contributed by atoms with Gasteiger partial charge in [-0.05, 0) is 26.6 Å². The summed E-state index contributed by atoms with van der Waals surface area (Å²) >= 11 is 1.81. The Morgan fingerprint density at radius 1 is 1.57 bits per heavy atom. The molecule has 84 valence electrons. The number of carboxylic acids is 1. The third kappa shape index (κ3) is 4.86. The van der Waals surface area contributed by atoms with Gasteiger partial charge >= 0.3 is 5.97 Å². The molecule has 0 aromatic rings. The van der Waals surface area contributed by atoms with Crippen molar-refractivity contribution in [2.45, 2.75) is 38.8 Å². The van der Waals surface area contributed by atoms with Gasteiger partial charge in [-0.2, -0.15) is 11.8 Å².